The maximum atomic E-state index is 12.2. The number of hydrogen-bond donors (Lipinski definition) is 2. The molecule has 1 unspecified atom stereocenters. The van der Waals surface area contributed by atoms with E-state index < -0.39 is 41.8 Å². The second-order valence-corrected chi connectivity index (χ2v) is 6.87. The molecule has 0 amide bonds. The zero-order chi connectivity index (χ0) is 18.1. The van der Waals surface area contributed by atoms with E-state index in [-0.39, 0.29) is 12.3 Å². The highest BCUT2D eigenvalue weighted by Gasteiger charge is 2.59. The van der Waals surface area contributed by atoms with Gasteiger partial charge < -0.3 is 19.7 Å². The highest BCUT2D eigenvalue weighted by molar-refractivity contribution is 6.20. The molecular weight excluding hydrogens is 336 g/mol. The van der Waals surface area contributed by atoms with E-state index in [0.717, 1.165) is 11.1 Å². The maximum absolute atomic E-state index is 12.2. The third kappa shape index (κ3) is 3.82. The van der Waals surface area contributed by atoms with Crippen molar-refractivity contribution in [3.8, 4) is 0 Å². The van der Waals surface area contributed by atoms with E-state index in [1.54, 1.807) is 26.0 Å². The van der Waals surface area contributed by atoms with Gasteiger partial charge in [-0.25, -0.2) is 4.79 Å². The fourth-order valence-electron chi connectivity index (χ4n) is 3.41. The molecule has 24 heavy (non-hydrogen) atoms. The highest BCUT2D eigenvalue weighted by atomic mass is 35.5. The average Bonchev–Trinajstić information content (AvgIpc) is 2.68. The van der Waals surface area contributed by atoms with Gasteiger partial charge in [0.15, 0.2) is 5.60 Å². The molecule has 7 heteroatoms. The summed E-state index contributed by atoms with van der Waals surface area (Å²) >= 11 is 5.86. The smallest absolute Gasteiger partial charge is 0.340 e. The summed E-state index contributed by atoms with van der Waals surface area (Å²) in [5.41, 5.74) is -0.337. The fraction of sp³-hybridized carbons (Fsp3) is 0.647. The monoisotopic (exact) mass is 358 g/mol. The number of hydrogen-bond acceptors (Lipinski definition) is 6. The lowest BCUT2D eigenvalue weighted by Gasteiger charge is -2.33. The van der Waals surface area contributed by atoms with Crippen molar-refractivity contribution in [2.45, 2.75) is 57.5 Å². The van der Waals surface area contributed by atoms with Crippen LogP contribution in [-0.2, 0) is 19.1 Å². The summed E-state index contributed by atoms with van der Waals surface area (Å²) in [4.78, 5) is 23.7. The van der Waals surface area contributed by atoms with Crippen molar-refractivity contribution < 1.29 is 29.3 Å². The van der Waals surface area contributed by atoms with Crippen LogP contribution >= 0.6 is 11.6 Å². The molecule has 0 saturated carbocycles. The van der Waals surface area contributed by atoms with E-state index in [1.807, 2.05) is 0 Å². The number of aliphatic hydroxyl groups excluding tert-OH is 1. The van der Waals surface area contributed by atoms with Crippen LogP contribution in [0.2, 0.25) is 0 Å². The molecule has 0 bridgehead atoms. The Labute approximate surface area is 146 Å². The number of carbonyl (C=O) groups is 2. The Morgan fingerprint density at radius 3 is 2.58 bits per heavy atom. The van der Waals surface area contributed by atoms with Gasteiger partial charge in [-0.15, -0.1) is 11.6 Å². The lowest BCUT2D eigenvalue weighted by molar-refractivity contribution is -0.159. The standard InChI is InChI=1S/C17H23ClO6/c1-9-4-12(20)5-10(2)7-14-15(13(6-9)23-11(3)19)17(22,8-18)16(21)24-14/h4,7,12-15,20,22H,5-6,8H2,1-3H3/b9-4-,10-7-/t12-,13?,14-,15-,17+/m1/s1. The first kappa shape index (κ1) is 19.0. The van der Waals surface area contributed by atoms with Crippen molar-refractivity contribution in [2.75, 3.05) is 5.88 Å². The lowest BCUT2D eigenvalue weighted by atomic mass is 9.79. The number of fused-ring (bicyclic) bond motifs is 1. The first-order valence-corrected chi connectivity index (χ1v) is 8.40. The second-order valence-electron chi connectivity index (χ2n) is 6.60. The maximum Gasteiger partial charge on any atom is 0.340 e. The van der Waals surface area contributed by atoms with Crippen LogP contribution in [0.5, 0.6) is 0 Å². The summed E-state index contributed by atoms with van der Waals surface area (Å²) in [7, 11) is 0. The molecule has 6 nitrogen and oxygen atoms in total. The molecule has 5 atom stereocenters. The molecule has 1 aliphatic heterocycles. The Hall–Kier alpha value is -1.37. The van der Waals surface area contributed by atoms with Crippen molar-refractivity contribution in [1.29, 1.82) is 0 Å². The molecule has 0 radical (unpaired) electrons. The predicted molar refractivity (Wildman–Crippen MR) is 87.3 cm³/mol. The minimum Gasteiger partial charge on any atom is -0.462 e. The molecular formula is C17H23ClO6. The second kappa shape index (κ2) is 7.25. The molecule has 1 aliphatic carbocycles. The lowest BCUT2D eigenvalue weighted by Crippen LogP contribution is -2.50. The van der Waals surface area contributed by atoms with Gasteiger partial charge in [0.05, 0.1) is 17.9 Å². The predicted octanol–water partition coefficient (Wildman–Crippen LogP) is 1.48. The van der Waals surface area contributed by atoms with E-state index in [2.05, 4.69) is 0 Å². The van der Waals surface area contributed by atoms with Gasteiger partial charge in [0, 0.05) is 13.3 Å². The molecule has 0 aromatic carbocycles. The number of esters is 2. The SMILES string of the molecule is CC(=O)OC1C/C(C)=C\[C@@H](O)C/C(C)=C\[C@H]2OC(=O)[C@](O)(CCl)[C@H]12. The van der Waals surface area contributed by atoms with Gasteiger partial charge >= 0.3 is 11.9 Å². The first-order chi connectivity index (χ1) is 11.2. The third-order valence-corrected chi connectivity index (χ3v) is 4.81. The first-order valence-electron chi connectivity index (χ1n) is 7.86. The van der Waals surface area contributed by atoms with Gasteiger partial charge in [-0.05, 0) is 26.3 Å². The molecule has 1 saturated heterocycles. The zero-order valence-corrected chi connectivity index (χ0v) is 14.7. The van der Waals surface area contributed by atoms with Crippen LogP contribution in [0.1, 0.15) is 33.6 Å². The molecule has 2 aliphatic rings. The Morgan fingerprint density at radius 2 is 2.00 bits per heavy atom. The van der Waals surface area contributed by atoms with Crippen molar-refractivity contribution in [3.63, 3.8) is 0 Å². The summed E-state index contributed by atoms with van der Waals surface area (Å²) in [6.07, 6.45) is 1.76. The number of halogens is 1. The van der Waals surface area contributed by atoms with E-state index in [9.17, 15) is 19.8 Å². The van der Waals surface area contributed by atoms with Crippen molar-refractivity contribution in [2.24, 2.45) is 5.92 Å². The van der Waals surface area contributed by atoms with Crippen LogP contribution in [-0.4, -0.2) is 51.9 Å². The number of ether oxygens (including phenoxy) is 2. The third-order valence-electron chi connectivity index (χ3n) is 4.40. The summed E-state index contributed by atoms with van der Waals surface area (Å²) in [5.74, 6) is -2.53. The zero-order valence-electron chi connectivity index (χ0n) is 14.0. The van der Waals surface area contributed by atoms with Gasteiger partial charge in [0.1, 0.15) is 12.2 Å². The molecule has 1 heterocycles. The normalized spacial score (nSPS) is 41.3. The van der Waals surface area contributed by atoms with Gasteiger partial charge in [-0.3, -0.25) is 4.79 Å². The molecule has 0 aromatic heterocycles. The largest absolute Gasteiger partial charge is 0.462 e. The fourth-order valence-corrected chi connectivity index (χ4v) is 3.70. The molecule has 134 valence electrons. The summed E-state index contributed by atoms with van der Waals surface area (Å²) in [5, 5.41) is 20.8. The molecule has 1 fully saturated rings. The Bertz CT molecular complexity index is 584. The number of carbonyl (C=O) groups excluding carboxylic acids is 2. The van der Waals surface area contributed by atoms with Crippen LogP contribution < -0.4 is 0 Å². The quantitative estimate of drug-likeness (QED) is 0.441. The minimum atomic E-state index is -1.93. The van der Waals surface area contributed by atoms with Crippen molar-refractivity contribution in [3.05, 3.63) is 23.3 Å². The van der Waals surface area contributed by atoms with Gasteiger partial charge in [-0.1, -0.05) is 17.2 Å². The Kier molecular flexibility index (Phi) is 5.73. The van der Waals surface area contributed by atoms with E-state index in [4.69, 9.17) is 21.1 Å². The Morgan fingerprint density at radius 1 is 1.38 bits per heavy atom. The summed E-state index contributed by atoms with van der Waals surface area (Å²) in [6.45, 7) is 4.87. The Balaban J connectivity index is 2.51. The highest BCUT2D eigenvalue weighted by Crippen LogP contribution is 2.40. The molecule has 2 N–H and O–H groups in total. The van der Waals surface area contributed by atoms with Crippen molar-refractivity contribution in [1.82, 2.24) is 0 Å². The average molecular weight is 359 g/mol. The summed E-state index contributed by atoms with van der Waals surface area (Å²) < 4.78 is 10.7. The van der Waals surface area contributed by atoms with Crippen LogP contribution in [0.25, 0.3) is 0 Å². The molecule has 0 aromatic rings. The van der Waals surface area contributed by atoms with Crippen LogP contribution in [0.3, 0.4) is 0 Å². The molecule has 0 spiro atoms. The van der Waals surface area contributed by atoms with Crippen LogP contribution in [0, 0.1) is 5.92 Å². The van der Waals surface area contributed by atoms with Gasteiger partial charge in [0.25, 0.3) is 0 Å². The van der Waals surface area contributed by atoms with Gasteiger partial charge in [-0.2, -0.15) is 0 Å². The number of rotatable bonds is 2. The van der Waals surface area contributed by atoms with Gasteiger partial charge in [0.2, 0.25) is 0 Å². The van der Waals surface area contributed by atoms with E-state index in [0.29, 0.717) is 6.42 Å². The van der Waals surface area contributed by atoms with Crippen LogP contribution in [0.4, 0.5) is 0 Å². The van der Waals surface area contributed by atoms with Crippen LogP contribution in [0.15, 0.2) is 23.3 Å². The number of aliphatic hydroxyl groups is 2. The van der Waals surface area contributed by atoms with Crippen molar-refractivity contribution >= 4 is 23.5 Å². The molecule has 2 rings (SSSR count). The summed E-state index contributed by atoms with van der Waals surface area (Å²) in [6, 6.07) is 0. The minimum absolute atomic E-state index is 0.264. The number of alkyl halides is 1. The van der Waals surface area contributed by atoms with E-state index >= 15 is 0 Å². The van der Waals surface area contributed by atoms with E-state index in [1.165, 1.54) is 6.92 Å². The topological polar surface area (TPSA) is 93.1 Å².